The topological polar surface area (TPSA) is 9.23 Å². The lowest BCUT2D eigenvalue weighted by atomic mass is 9.71. The van der Waals surface area contributed by atoms with Crippen LogP contribution < -0.4 is 4.74 Å². The first-order valence-corrected chi connectivity index (χ1v) is 8.67. The highest BCUT2D eigenvalue weighted by Crippen LogP contribution is 2.52. The molecule has 1 aromatic rings. The van der Waals surface area contributed by atoms with Crippen LogP contribution in [0.2, 0.25) is 0 Å². The number of aryl methyl sites for hydroxylation is 1. The fourth-order valence-electron chi connectivity index (χ4n) is 3.03. The number of methoxy groups -OCH3 is 1. The van der Waals surface area contributed by atoms with Crippen molar-refractivity contribution in [2.45, 2.75) is 50.8 Å². The summed E-state index contributed by atoms with van der Waals surface area (Å²) in [5, 5.41) is 0. The number of rotatable bonds is 3. The van der Waals surface area contributed by atoms with Gasteiger partial charge in [0, 0.05) is 14.9 Å². The zero-order valence-corrected chi connectivity index (χ0v) is 15.1. The molecule has 0 bridgehead atoms. The lowest BCUT2D eigenvalue weighted by molar-refractivity contribution is 0.210. The van der Waals surface area contributed by atoms with Gasteiger partial charge in [-0.05, 0) is 42.9 Å². The molecule has 0 amide bonds. The zero-order valence-electron chi connectivity index (χ0n) is 11.9. The minimum Gasteiger partial charge on any atom is -0.496 e. The third-order valence-electron chi connectivity index (χ3n) is 4.39. The summed E-state index contributed by atoms with van der Waals surface area (Å²) >= 11 is 7.60. The summed E-state index contributed by atoms with van der Waals surface area (Å²) in [5.41, 5.74) is 2.82. The zero-order chi connectivity index (χ0) is 14.0. The first-order chi connectivity index (χ1) is 8.98. The summed E-state index contributed by atoms with van der Waals surface area (Å²) in [4.78, 5) is 0.354. The van der Waals surface area contributed by atoms with Gasteiger partial charge in [-0.1, -0.05) is 58.0 Å². The molecule has 3 heteroatoms. The molecule has 19 heavy (non-hydrogen) atoms. The molecule has 1 aromatic carbocycles. The minimum absolute atomic E-state index is 0.334. The van der Waals surface area contributed by atoms with Crippen molar-refractivity contribution in [2.24, 2.45) is 5.41 Å². The van der Waals surface area contributed by atoms with Crippen LogP contribution in [-0.2, 0) is 0 Å². The summed E-state index contributed by atoms with van der Waals surface area (Å²) in [6.45, 7) is 4.50. The van der Waals surface area contributed by atoms with Crippen molar-refractivity contribution >= 4 is 31.9 Å². The number of hydrogen-bond donors (Lipinski definition) is 0. The van der Waals surface area contributed by atoms with Crippen LogP contribution >= 0.6 is 31.9 Å². The second-order valence-electron chi connectivity index (χ2n) is 5.92. The van der Waals surface area contributed by atoms with Crippen LogP contribution in [0, 0.1) is 12.3 Å². The molecular weight excluding hydrogens is 368 g/mol. The van der Waals surface area contributed by atoms with Gasteiger partial charge in [0.05, 0.1) is 7.11 Å². The number of hydrogen-bond acceptors (Lipinski definition) is 1. The predicted molar refractivity (Wildman–Crippen MR) is 88.3 cm³/mol. The van der Waals surface area contributed by atoms with Crippen LogP contribution in [0.4, 0.5) is 0 Å². The van der Waals surface area contributed by atoms with Crippen molar-refractivity contribution in [1.82, 2.24) is 0 Å². The van der Waals surface area contributed by atoms with Gasteiger partial charge in [0.15, 0.2) is 0 Å². The molecule has 1 atom stereocenters. The van der Waals surface area contributed by atoms with Gasteiger partial charge in [-0.15, -0.1) is 0 Å². The van der Waals surface area contributed by atoms with E-state index in [9.17, 15) is 0 Å². The molecule has 0 heterocycles. The first kappa shape index (κ1) is 15.4. The Morgan fingerprint density at radius 1 is 1.21 bits per heavy atom. The highest BCUT2D eigenvalue weighted by atomic mass is 79.9. The highest BCUT2D eigenvalue weighted by Gasteiger charge is 2.36. The summed E-state index contributed by atoms with van der Waals surface area (Å²) in [6, 6.07) is 4.34. The van der Waals surface area contributed by atoms with Crippen molar-refractivity contribution < 1.29 is 4.74 Å². The van der Waals surface area contributed by atoms with E-state index in [4.69, 9.17) is 4.74 Å². The SMILES string of the molecule is COc1cc(C)c(Br)cc1C(Br)C1(C)CCCCC1. The molecule has 0 saturated heterocycles. The quantitative estimate of drug-likeness (QED) is 0.561. The molecule has 1 saturated carbocycles. The van der Waals surface area contributed by atoms with Crippen LogP contribution in [0.3, 0.4) is 0 Å². The fourth-order valence-corrected chi connectivity index (χ4v) is 4.21. The molecule has 1 unspecified atom stereocenters. The third kappa shape index (κ3) is 3.18. The van der Waals surface area contributed by atoms with Crippen molar-refractivity contribution in [3.05, 3.63) is 27.7 Å². The molecule has 1 fully saturated rings. The summed E-state index contributed by atoms with van der Waals surface area (Å²) in [7, 11) is 1.76. The molecule has 1 aliphatic rings. The largest absolute Gasteiger partial charge is 0.496 e. The Kier molecular flexibility index (Phi) is 4.99. The molecule has 0 aliphatic heterocycles. The number of halogens is 2. The van der Waals surface area contributed by atoms with E-state index in [1.807, 2.05) is 0 Å². The molecule has 0 aromatic heterocycles. The van der Waals surface area contributed by atoms with E-state index in [0.29, 0.717) is 10.2 Å². The Labute approximate surface area is 133 Å². The van der Waals surface area contributed by atoms with Gasteiger partial charge in [0.1, 0.15) is 5.75 Å². The van der Waals surface area contributed by atoms with Gasteiger partial charge in [-0.2, -0.15) is 0 Å². The summed E-state index contributed by atoms with van der Waals surface area (Å²) in [6.07, 6.45) is 6.64. The average molecular weight is 390 g/mol. The van der Waals surface area contributed by atoms with Gasteiger partial charge in [0.2, 0.25) is 0 Å². The maximum atomic E-state index is 5.59. The molecule has 106 valence electrons. The Hall–Kier alpha value is -0.0200. The standard InChI is InChI=1S/C16H22Br2O/c1-11-9-14(19-3)12(10-13(11)17)15(18)16(2)7-5-4-6-8-16/h9-10,15H,4-8H2,1-3H3. The van der Waals surface area contributed by atoms with Crippen LogP contribution in [0.1, 0.15) is 55.0 Å². The second-order valence-corrected chi connectivity index (χ2v) is 7.69. The van der Waals surface area contributed by atoms with E-state index in [1.165, 1.54) is 43.2 Å². The Balaban J connectivity index is 2.37. The predicted octanol–water partition coefficient (Wildman–Crippen LogP) is 6.17. The van der Waals surface area contributed by atoms with Crippen molar-refractivity contribution in [2.75, 3.05) is 7.11 Å². The van der Waals surface area contributed by atoms with E-state index in [-0.39, 0.29) is 0 Å². The number of alkyl halides is 1. The third-order valence-corrected chi connectivity index (χ3v) is 6.84. The molecular formula is C16H22Br2O. The van der Waals surface area contributed by atoms with Crippen LogP contribution in [-0.4, -0.2) is 7.11 Å². The van der Waals surface area contributed by atoms with E-state index in [2.05, 4.69) is 57.8 Å². The highest BCUT2D eigenvalue weighted by molar-refractivity contribution is 9.10. The van der Waals surface area contributed by atoms with E-state index in [1.54, 1.807) is 7.11 Å². The van der Waals surface area contributed by atoms with E-state index in [0.717, 1.165) is 10.2 Å². The van der Waals surface area contributed by atoms with Crippen molar-refractivity contribution in [3.8, 4) is 5.75 Å². The first-order valence-electron chi connectivity index (χ1n) is 6.96. The normalized spacial score (nSPS) is 20.1. The van der Waals surface area contributed by atoms with E-state index < -0.39 is 0 Å². The van der Waals surface area contributed by atoms with Crippen LogP contribution in [0.5, 0.6) is 5.75 Å². The molecule has 0 radical (unpaired) electrons. The summed E-state index contributed by atoms with van der Waals surface area (Å²) in [5.74, 6) is 0.995. The second kappa shape index (κ2) is 6.17. The van der Waals surface area contributed by atoms with Gasteiger partial charge in [-0.3, -0.25) is 0 Å². The lowest BCUT2D eigenvalue weighted by Gasteiger charge is -2.38. The Morgan fingerprint density at radius 3 is 2.42 bits per heavy atom. The molecule has 1 aliphatic carbocycles. The average Bonchev–Trinajstić information content (AvgIpc) is 2.41. The van der Waals surface area contributed by atoms with Crippen molar-refractivity contribution in [3.63, 3.8) is 0 Å². The van der Waals surface area contributed by atoms with Crippen LogP contribution in [0.25, 0.3) is 0 Å². The number of ether oxygens (including phenoxy) is 1. The minimum atomic E-state index is 0.334. The van der Waals surface area contributed by atoms with Gasteiger partial charge in [-0.25, -0.2) is 0 Å². The fraction of sp³-hybridized carbons (Fsp3) is 0.625. The van der Waals surface area contributed by atoms with Crippen molar-refractivity contribution in [1.29, 1.82) is 0 Å². The molecule has 0 spiro atoms. The maximum absolute atomic E-state index is 5.59. The summed E-state index contributed by atoms with van der Waals surface area (Å²) < 4.78 is 6.75. The molecule has 2 rings (SSSR count). The Bertz CT molecular complexity index is 450. The number of benzene rings is 1. The maximum Gasteiger partial charge on any atom is 0.123 e. The van der Waals surface area contributed by atoms with Gasteiger partial charge in [0.25, 0.3) is 0 Å². The monoisotopic (exact) mass is 388 g/mol. The Morgan fingerprint density at radius 2 is 1.84 bits per heavy atom. The van der Waals surface area contributed by atoms with Crippen LogP contribution in [0.15, 0.2) is 16.6 Å². The van der Waals surface area contributed by atoms with E-state index >= 15 is 0 Å². The molecule has 0 N–H and O–H groups in total. The lowest BCUT2D eigenvalue weighted by Crippen LogP contribution is -2.25. The molecule has 1 nitrogen and oxygen atoms in total. The van der Waals surface area contributed by atoms with Gasteiger partial charge < -0.3 is 4.74 Å². The van der Waals surface area contributed by atoms with Gasteiger partial charge >= 0.3 is 0 Å². The smallest absolute Gasteiger partial charge is 0.123 e.